The fourth-order valence-corrected chi connectivity index (χ4v) is 0.678. The van der Waals surface area contributed by atoms with Crippen LogP contribution >= 0.6 is 0 Å². The van der Waals surface area contributed by atoms with Crippen LogP contribution in [-0.2, 0) is 0 Å². The molecule has 0 radical (unpaired) electrons. The van der Waals surface area contributed by atoms with Gasteiger partial charge in [-0.15, -0.1) is 0 Å². The average molecular weight is 169 g/mol. The van der Waals surface area contributed by atoms with Crippen molar-refractivity contribution >= 4 is 0 Å². The standard InChI is InChI=1S/C7H14F3N/c1-5(11)6(2,3)4-7(8,9)10/h5H,4,11H2,1-3H3/t5-/m1/s1. The van der Waals surface area contributed by atoms with Gasteiger partial charge in [0.2, 0.25) is 0 Å². The molecule has 0 heterocycles. The number of nitrogens with two attached hydrogens (primary N) is 1. The third kappa shape index (κ3) is 4.24. The van der Waals surface area contributed by atoms with Gasteiger partial charge >= 0.3 is 6.18 Å². The molecule has 0 amide bonds. The van der Waals surface area contributed by atoms with Crippen molar-refractivity contribution in [1.29, 1.82) is 0 Å². The van der Waals surface area contributed by atoms with Gasteiger partial charge in [0.15, 0.2) is 0 Å². The van der Waals surface area contributed by atoms with Crippen molar-refractivity contribution in [1.82, 2.24) is 0 Å². The summed E-state index contributed by atoms with van der Waals surface area (Å²) in [4.78, 5) is 0. The molecule has 2 N–H and O–H groups in total. The fraction of sp³-hybridized carbons (Fsp3) is 1.00. The molecule has 0 bridgehead atoms. The van der Waals surface area contributed by atoms with Gasteiger partial charge in [0.05, 0.1) is 6.42 Å². The highest BCUT2D eigenvalue weighted by Crippen LogP contribution is 2.34. The molecule has 0 aromatic heterocycles. The molecule has 0 fully saturated rings. The molecule has 0 saturated heterocycles. The third-order valence-corrected chi connectivity index (χ3v) is 1.89. The Kier molecular flexibility index (Phi) is 2.94. The second-order valence-corrected chi connectivity index (χ2v) is 3.57. The molecular formula is C7H14F3N. The quantitative estimate of drug-likeness (QED) is 0.674. The maximum Gasteiger partial charge on any atom is 0.389 e. The zero-order chi connectivity index (χ0) is 9.28. The van der Waals surface area contributed by atoms with Gasteiger partial charge in [-0.1, -0.05) is 13.8 Å². The Labute approximate surface area is 64.8 Å². The summed E-state index contributed by atoms with van der Waals surface area (Å²) in [7, 11) is 0. The second kappa shape index (κ2) is 3.01. The van der Waals surface area contributed by atoms with Crippen LogP contribution in [0.15, 0.2) is 0 Å². The monoisotopic (exact) mass is 169 g/mol. The van der Waals surface area contributed by atoms with E-state index in [0.717, 1.165) is 0 Å². The number of alkyl halides is 3. The first-order valence-corrected chi connectivity index (χ1v) is 3.47. The molecule has 0 aliphatic heterocycles. The highest BCUT2D eigenvalue weighted by atomic mass is 19.4. The smallest absolute Gasteiger partial charge is 0.327 e. The maximum absolute atomic E-state index is 11.9. The summed E-state index contributed by atoms with van der Waals surface area (Å²) < 4.78 is 35.6. The number of hydrogen-bond donors (Lipinski definition) is 1. The fourth-order valence-electron chi connectivity index (χ4n) is 0.678. The zero-order valence-corrected chi connectivity index (χ0v) is 7.00. The van der Waals surface area contributed by atoms with Crippen molar-refractivity contribution in [2.24, 2.45) is 11.1 Å². The van der Waals surface area contributed by atoms with Crippen LogP contribution in [0.5, 0.6) is 0 Å². The number of rotatable bonds is 2. The Morgan fingerprint density at radius 1 is 1.27 bits per heavy atom. The summed E-state index contributed by atoms with van der Waals surface area (Å²) in [5.41, 5.74) is 4.51. The topological polar surface area (TPSA) is 26.0 Å². The summed E-state index contributed by atoms with van der Waals surface area (Å²) in [5.74, 6) is 0. The molecular weight excluding hydrogens is 155 g/mol. The van der Waals surface area contributed by atoms with Crippen LogP contribution in [0.25, 0.3) is 0 Å². The first-order chi connectivity index (χ1) is 4.65. The summed E-state index contributed by atoms with van der Waals surface area (Å²) >= 11 is 0. The minimum atomic E-state index is -4.11. The summed E-state index contributed by atoms with van der Waals surface area (Å²) in [6.45, 7) is 4.63. The highest BCUT2D eigenvalue weighted by Gasteiger charge is 2.38. The Morgan fingerprint density at radius 3 is 1.73 bits per heavy atom. The van der Waals surface area contributed by atoms with Crippen molar-refractivity contribution in [3.05, 3.63) is 0 Å². The van der Waals surface area contributed by atoms with Gasteiger partial charge < -0.3 is 5.73 Å². The van der Waals surface area contributed by atoms with Crippen molar-refractivity contribution in [2.75, 3.05) is 0 Å². The molecule has 0 aromatic carbocycles. The number of halogens is 3. The molecule has 0 aromatic rings. The molecule has 0 unspecified atom stereocenters. The summed E-state index contributed by atoms with van der Waals surface area (Å²) in [6, 6.07) is -0.441. The van der Waals surface area contributed by atoms with Gasteiger partial charge in [0.1, 0.15) is 0 Å². The van der Waals surface area contributed by atoms with Crippen LogP contribution in [0.4, 0.5) is 13.2 Å². The van der Waals surface area contributed by atoms with E-state index in [-0.39, 0.29) is 0 Å². The van der Waals surface area contributed by atoms with Crippen LogP contribution in [0.2, 0.25) is 0 Å². The summed E-state index contributed by atoms with van der Waals surface area (Å²) in [6.07, 6.45) is -4.94. The zero-order valence-electron chi connectivity index (χ0n) is 7.00. The van der Waals surface area contributed by atoms with Gasteiger partial charge in [0, 0.05) is 6.04 Å². The van der Waals surface area contributed by atoms with E-state index >= 15 is 0 Å². The Hall–Kier alpha value is -0.250. The van der Waals surface area contributed by atoms with Crippen molar-refractivity contribution < 1.29 is 13.2 Å². The first-order valence-electron chi connectivity index (χ1n) is 3.47. The van der Waals surface area contributed by atoms with Crippen molar-refractivity contribution in [3.63, 3.8) is 0 Å². The Morgan fingerprint density at radius 2 is 1.64 bits per heavy atom. The van der Waals surface area contributed by atoms with Crippen LogP contribution in [0.3, 0.4) is 0 Å². The third-order valence-electron chi connectivity index (χ3n) is 1.89. The van der Waals surface area contributed by atoms with Gasteiger partial charge in [-0.2, -0.15) is 13.2 Å². The lowest BCUT2D eigenvalue weighted by molar-refractivity contribution is -0.156. The van der Waals surface area contributed by atoms with E-state index < -0.39 is 24.1 Å². The molecule has 1 atom stereocenters. The van der Waals surface area contributed by atoms with E-state index in [1.807, 2.05) is 0 Å². The van der Waals surface area contributed by atoms with Crippen molar-refractivity contribution in [3.8, 4) is 0 Å². The largest absolute Gasteiger partial charge is 0.389 e. The first kappa shape index (κ1) is 10.8. The van der Waals surface area contributed by atoms with Crippen LogP contribution in [-0.4, -0.2) is 12.2 Å². The van der Waals surface area contributed by atoms with E-state index in [9.17, 15) is 13.2 Å². The van der Waals surface area contributed by atoms with Crippen LogP contribution in [0, 0.1) is 5.41 Å². The van der Waals surface area contributed by atoms with E-state index in [1.165, 1.54) is 13.8 Å². The lowest BCUT2D eigenvalue weighted by Gasteiger charge is -2.29. The van der Waals surface area contributed by atoms with E-state index in [2.05, 4.69) is 0 Å². The van der Waals surface area contributed by atoms with E-state index in [0.29, 0.717) is 0 Å². The molecule has 11 heavy (non-hydrogen) atoms. The maximum atomic E-state index is 11.9. The minimum Gasteiger partial charge on any atom is -0.327 e. The molecule has 0 spiro atoms. The lowest BCUT2D eigenvalue weighted by Crippen LogP contribution is -2.38. The average Bonchev–Trinajstić information content (AvgIpc) is 1.56. The highest BCUT2D eigenvalue weighted by molar-refractivity contribution is 4.80. The van der Waals surface area contributed by atoms with Gasteiger partial charge in [-0.3, -0.25) is 0 Å². The molecule has 0 rings (SSSR count). The van der Waals surface area contributed by atoms with Gasteiger partial charge in [-0.05, 0) is 12.3 Å². The Bertz CT molecular complexity index is 126. The molecule has 68 valence electrons. The van der Waals surface area contributed by atoms with Gasteiger partial charge in [0.25, 0.3) is 0 Å². The molecule has 4 heteroatoms. The molecule has 0 aliphatic carbocycles. The van der Waals surface area contributed by atoms with Gasteiger partial charge in [-0.25, -0.2) is 0 Å². The normalized spacial score (nSPS) is 16.6. The molecule has 0 aliphatic rings. The summed E-state index contributed by atoms with van der Waals surface area (Å²) in [5, 5.41) is 0. The van der Waals surface area contributed by atoms with E-state index in [1.54, 1.807) is 6.92 Å². The predicted molar refractivity (Wildman–Crippen MR) is 38.1 cm³/mol. The minimum absolute atomic E-state index is 0.441. The van der Waals surface area contributed by atoms with E-state index in [4.69, 9.17) is 5.73 Å². The number of hydrogen-bond acceptors (Lipinski definition) is 1. The van der Waals surface area contributed by atoms with Crippen LogP contribution in [0.1, 0.15) is 27.2 Å². The molecule has 1 nitrogen and oxygen atoms in total. The Balaban J connectivity index is 4.13. The lowest BCUT2D eigenvalue weighted by atomic mass is 9.82. The predicted octanol–water partition coefficient (Wildman–Crippen LogP) is 2.31. The molecule has 0 saturated carbocycles. The van der Waals surface area contributed by atoms with Crippen molar-refractivity contribution in [2.45, 2.75) is 39.4 Å². The van der Waals surface area contributed by atoms with Crippen LogP contribution < -0.4 is 5.73 Å². The SMILES string of the molecule is C[C@@H](N)C(C)(C)CC(F)(F)F. The second-order valence-electron chi connectivity index (χ2n) is 3.57.